The minimum Gasteiger partial charge on any atom is -1.00 e. The average molecular weight is 525 g/mol. The van der Waals surface area contributed by atoms with E-state index < -0.39 is 23.2 Å². The second kappa shape index (κ2) is 11.0. The summed E-state index contributed by atoms with van der Waals surface area (Å²) in [5, 5.41) is 0. The molecule has 3 heteroatoms. The van der Waals surface area contributed by atoms with Crippen molar-refractivity contribution in [1.82, 2.24) is 0 Å². The molecular weight excluding hydrogens is 486 g/mol. The normalized spacial score (nSPS) is 19.2. The fourth-order valence-electron chi connectivity index (χ4n) is 4.35. The van der Waals surface area contributed by atoms with Crippen LogP contribution in [0.25, 0.3) is 0 Å². The molecule has 0 radical (unpaired) electrons. The van der Waals surface area contributed by atoms with E-state index in [1.54, 1.807) is 40.0 Å². The Labute approximate surface area is 209 Å². The molecule has 30 heavy (non-hydrogen) atoms. The van der Waals surface area contributed by atoms with E-state index in [0.717, 1.165) is 0 Å². The van der Waals surface area contributed by atoms with Gasteiger partial charge in [0.1, 0.15) is 0 Å². The fourth-order valence-corrected chi connectivity index (χ4v) is 9.26. The van der Waals surface area contributed by atoms with Gasteiger partial charge in [0.15, 0.2) is 0 Å². The molecule has 0 heterocycles. The van der Waals surface area contributed by atoms with Crippen LogP contribution in [0.3, 0.4) is 0 Å². The molecule has 0 N–H and O–H groups in total. The molecule has 0 nitrogen and oxygen atoms in total. The SMILES string of the molecule is CC1=C(C)C(C)(C)[C]([Zr+2][C]2=C(C)C(C)=C(C)C2(C)C)=C1C.Cc1ccccc1.[Cl-].[Cl-]. The van der Waals surface area contributed by atoms with Gasteiger partial charge < -0.3 is 24.8 Å². The molecule has 0 saturated carbocycles. The van der Waals surface area contributed by atoms with Gasteiger partial charge in [-0.2, -0.15) is 0 Å². The second-order valence-electron chi connectivity index (χ2n) is 9.53. The van der Waals surface area contributed by atoms with Gasteiger partial charge in [-0.3, -0.25) is 0 Å². The van der Waals surface area contributed by atoms with Crippen LogP contribution in [0.2, 0.25) is 0 Å². The molecule has 0 spiro atoms. The first-order valence-corrected chi connectivity index (χ1v) is 12.9. The zero-order chi connectivity index (χ0) is 21.4. The summed E-state index contributed by atoms with van der Waals surface area (Å²) in [6.07, 6.45) is 0. The molecule has 3 rings (SSSR count). The number of benzene rings is 1. The molecule has 0 aliphatic heterocycles. The molecule has 1 aromatic rings. The third-order valence-corrected chi connectivity index (χ3v) is 13.5. The Kier molecular flexibility index (Phi) is 10.9. The van der Waals surface area contributed by atoms with Crippen molar-refractivity contribution in [3.63, 3.8) is 0 Å². The number of rotatable bonds is 2. The van der Waals surface area contributed by atoms with Gasteiger partial charge in [0.2, 0.25) is 0 Å². The quantitative estimate of drug-likeness (QED) is 0.558. The summed E-state index contributed by atoms with van der Waals surface area (Å²) >= 11 is -0.730. The van der Waals surface area contributed by atoms with Crippen molar-refractivity contribution in [3.8, 4) is 0 Å². The molecule has 0 atom stereocenters. The predicted molar refractivity (Wildman–Crippen MR) is 121 cm³/mol. The molecular formula is C27H38Cl2Zr. The molecule has 164 valence electrons. The summed E-state index contributed by atoms with van der Waals surface area (Å²) in [6.45, 7) is 25.8. The van der Waals surface area contributed by atoms with Crippen molar-refractivity contribution in [2.45, 2.75) is 76.2 Å². The van der Waals surface area contributed by atoms with Crippen molar-refractivity contribution in [2.24, 2.45) is 10.8 Å². The van der Waals surface area contributed by atoms with E-state index in [1.807, 2.05) is 18.2 Å². The summed E-state index contributed by atoms with van der Waals surface area (Å²) in [6, 6.07) is 10.3. The number of allylic oxidation sites excluding steroid dienone is 8. The van der Waals surface area contributed by atoms with Crippen molar-refractivity contribution in [1.29, 1.82) is 0 Å². The molecule has 1 aromatic carbocycles. The molecule has 0 unspecified atom stereocenters. The number of hydrogen-bond donors (Lipinski definition) is 0. The molecule has 2 aliphatic rings. The summed E-state index contributed by atoms with van der Waals surface area (Å²) < 4.78 is 3.59. The van der Waals surface area contributed by atoms with E-state index in [9.17, 15) is 0 Å². The largest absolute Gasteiger partial charge is 1.00 e. The van der Waals surface area contributed by atoms with E-state index >= 15 is 0 Å². The van der Waals surface area contributed by atoms with Gasteiger partial charge in [0.05, 0.1) is 0 Å². The fraction of sp³-hybridized carbons (Fsp3) is 0.481. The molecule has 0 fully saturated rings. The zero-order valence-corrected chi connectivity index (χ0v) is 24.6. The summed E-state index contributed by atoms with van der Waals surface area (Å²) in [4.78, 5) is 0. The van der Waals surface area contributed by atoms with E-state index in [1.165, 1.54) is 5.56 Å². The smallest absolute Gasteiger partial charge is 0.0398 e. The van der Waals surface area contributed by atoms with E-state index in [2.05, 4.69) is 88.3 Å². The Bertz CT molecular complexity index is 838. The van der Waals surface area contributed by atoms with Crippen LogP contribution in [0.15, 0.2) is 70.3 Å². The molecule has 0 bridgehead atoms. The Morgan fingerprint density at radius 2 is 0.867 bits per heavy atom. The van der Waals surface area contributed by atoms with Crippen LogP contribution in [0.1, 0.15) is 74.8 Å². The van der Waals surface area contributed by atoms with Crippen molar-refractivity contribution in [2.75, 3.05) is 0 Å². The number of halogens is 2. The van der Waals surface area contributed by atoms with Gasteiger partial charge in [0.25, 0.3) is 0 Å². The third kappa shape index (κ3) is 5.52. The topological polar surface area (TPSA) is 0 Å². The van der Waals surface area contributed by atoms with Gasteiger partial charge in [-0.1, -0.05) is 35.9 Å². The standard InChI is InChI=1S/2C10H15.C7H8.2ClH.Zr/c2*1-7-6-10(4,5)9(3)8(7)2;1-7-5-3-2-4-6-7;;;/h2*1-5H3;2-6H,1H3;2*1H;/q;;;;;+2/p-2. The second-order valence-corrected chi connectivity index (χ2v) is 12.6. The van der Waals surface area contributed by atoms with Crippen LogP contribution in [0, 0.1) is 17.8 Å². The van der Waals surface area contributed by atoms with Crippen LogP contribution in [0.5, 0.6) is 0 Å². The maximum Gasteiger partial charge on any atom is -0.0398 e. The van der Waals surface area contributed by atoms with Crippen molar-refractivity contribution in [3.05, 3.63) is 75.9 Å². The Hall–Kier alpha value is -0.357. The van der Waals surface area contributed by atoms with Crippen molar-refractivity contribution < 1.29 is 48.0 Å². The average Bonchev–Trinajstić information content (AvgIpc) is 2.87. The first-order valence-electron chi connectivity index (χ1n) is 10.4. The van der Waals surface area contributed by atoms with Crippen LogP contribution >= 0.6 is 0 Å². The van der Waals surface area contributed by atoms with Gasteiger partial charge in [-0.25, -0.2) is 0 Å². The van der Waals surface area contributed by atoms with Gasteiger partial charge in [-0.15, -0.1) is 0 Å². The van der Waals surface area contributed by atoms with Crippen LogP contribution in [-0.4, -0.2) is 0 Å². The summed E-state index contributed by atoms with van der Waals surface area (Å²) in [5.74, 6) is 0. The first-order chi connectivity index (χ1) is 12.8. The van der Waals surface area contributed by atoms with Crippen LogP contribution in [-0.2, 0) is 23.2 Å². The van der Waals surface area contributed by atoms with E-state index in [-0.39, 0.29) is 35.6 Å². The van der Waals surface area contributed by atoms with Gasteiger partial charge >= 0.3 is 143 Å². The number of aryl methyl sites for hydroxylation is 1. The zero-order valence-electron chi connectivity index (χ0n) is 20.6. The summed E-state index contributed by atoms with van der Waals surface area (Å²) in [5.41, 5.74) is 11.4. The molecule has 0 aromatic heterocycles. The Morgan fingerprint density at radius 1 is 0.533 bits per heavy atom. The van der Waals surface area contributed by atoms with E-state index in [0.29, 0.717) is 0 Å². The minimum atomic E-state index is -0.730. The molecule has 2 aliphatic carbocycles. The summed E-state index contributed by atoms with van der Waals surface area (Å²) in [7, 11) is 0. The maximum atomic E-state index is 2.43. The first kappa shape index (κ1) is 29.6. The van der Waals surface area contributed by atoms with E-state index in [4.69, 9.17) is 0 Å². The third-order valence-electron chi connectivity index (χ3n) is 7.32. The van der Waals surface area contributed by atoms with Crippen molar-refractivity contribution >= 4 is 0 Å². The minimum absolute atomic E-state index is 0. The number of hydrogen-bond acceptors (Lipinski definition) is 0. The Morgan fingerprint density at radius 3 is 1.07 bits per heavy atom. The van der Waals surface area contributed by atoms with Crippen LogP contribution < -0.4 is 24.8 Å². The Balaban J connectivity index is 0.000000797. The van der Waals surface area contributed by atoms with Crippen LogP contribution in [0.4, 0.5) is 0 Å². The van der Waals surface area contributed by atoms with Gasteiger partial charge in [-0.05, 0) is 6.92 Å². The maximum absolute atomic E-state index is 2.43. The van der Waals surface area contributed by atoms with Gasteiger partial charge in [0, 0.05) is 0 Å². The monoisotopic (exact) mass is 522 g/mol. The molecule has 0 saturated heterocycles. The predicted octanol–water partition coefficient (Wildman–Crippen LogP) is 2.37. The molecule has 0 amide bonds.